The number of hydrogen-bond donors (Lipinski definition) is 3. The Kier molecular flexibility index (Phi) is 3.87. The average Bonchev–Trinajstić information content (AvgIpc) is 2.72. The summed E-state index contributed by atoms with van der Waals surface area (Å²) in [5.41, 5.74) is 1.55. The summed E-state index contributed by atoms with van der Waals surface area (Å²) >= 11 is 0. The maximum atomic E-state index is 12.0. The van der Waals surface area contributed by atoms with E-state index in [1.807, 2.05) is 44.3 Å². The zero-order valence-corrected chi connectivity index (χ0v) is 11.2. The fourth-order valence-corrected chi connectivity index (χ4v) is 2.12. The number of carbonyl (C=O) groups excluding carboxylic acids is 1. The number of nitrogens with one attached hydrogen (secondary N) is 2. The molecule has 0 atom stereocenters. The Morgan fingerprint density at radius 1 is 1.42 bits per heavy atom. The van der Waals surface area contributed by atoms with Crippen molar-refractivity contribution < 1.29 is 9.63 Å². The zero-order valence-electron chi connectivity index (χ0n) is 11.2. The van der Waals surface area contributed by atoms with E-state index in [0.29, 0.717) is 6.42 Å². The fraction of sp³-hybridized carbons (Fsp3) is 0.357. The molecule has 0 aliphatic rings. The van der Waals surface area contributed by atoms with E-state index >= 15 is 0 Å². The van der Waals surface area contributed by atoms with Crippen LogP contribution in [0.4, 0.5) is 0 Å². The van der Waals surface area contributed by atoms with E-state index in [-0.39, 0.29) is 12.5 Å². The molecule has 4 N–H and O–H groups in total. The van der Waals surface area contributed by atoms with Crippen LogP contribution in [0.2, 0.25) is 0 Å². The van der Waals surface area contributed by atoms with Crippen LogP contribution in [0.15, 0.2) is 30.5 Å². The van der Waals surface area contributed by atoms with Gasteiger partial charge in [-0.1, -0.05) is 18.2 Å². The van der Waals surface area contributed by atoms with Gasteiger partial charge in [0.05, 0.1) is 18.6 Å². The number of hydrogen-bond acceptors (Lipinski definition) is 3. The third-order valence-electron chi connectivity index (χ3n) is 2.95. The number of para-hydroxylation sites is 1. The first kappa shape index (κ1) is 13.6. The third kappa shape index (κ3) is 3.33. The lowest BCUT2D eigenvalue weighted by Crippen LogP contribution is -2.48. The van der Waals surface area contributed by atoms with Gasteiger partial charge < -0.3 is 15.1 Å². The van der Waals surface area contributed by atoms with E-state index in [1.165, 1.54) is 0 Å². The molecule has 0 bridgehead atoms. The number of benzene rings is 1. The van der Waals surface area contributed by atoms with E-state index in [2.05, 4.69) is 15.1 Å². The van der Waals surface area contributed by atoms with Crippen molar-refractivity contribution in [3.63, 3.8) is 0 Å². The first-order chi connectivity index (χ1) is 9.02. The van der Waals surface area contributed by atoms with Crippen LogP contribution >= 0.6 is 0 Å². The summed E-state index contributed by atoms with van der Waals surface area (Å²) in [4.78, 5) is 19.8. The Hall–Kier alpha value is -1.85. The van der Waals surface area contributed by atoms with Gasteiger partial charge in [-0.2, -0.15) is 0 Å². The number of carbonyl (C=O) groups is 1. The summed E-state index contributed by atoms with van der Waals surface area (Å²) in [6, 6.07) is 7.92. The molecule has 2 aromatic rings. The molecule has 1 amide bonds. The van der Waals surface area contributed by atoms with Crippen molar-refractivity contribution in [1.82, 2.24) is 10.3 Å². The zero-order chi connectivity index (χ0) is 13.9. The molecule has 0 saturated heterocycles. The van der Waals surface area contributed by atoms with E-state index in [0.717, 1.165) is 16.5 Å². The molecular weight excluding hydrogens is 242 g/mol. The molecule has 0 aliphatic heterocycles. The molecule has 0 fully saturated rings. The van der Waals surface area contributed by atoms with Crippen LogP contribution in [0.25, 0.3) is 10.9 Å². The van der Waals surface area contributed by atoms with Gasteiger partial charge in [0, 0.05) is 17.1 Å². The molecule has 1 aromatic heterocycles. The molecule has 2 rings (SSSR count). The lowest BCUT2D eigenvalue weighted by Gasteiger charge is -2.24. The van der Waals surface area contributed by atoms with Gasteiger partial charge in [-0.3, -0.25) is 4.79 Å². The first-order valence-electron chi connectivity index (χ1n) is 6.19. The summed E-state index contributed by atoms with van der Waals surface area (Å²) in [6.45, 7) is 4.01. The highest BCUT2D eigenvalue weighted by Gasteiger charge is 2.21. The standard InChI is InChI=1S/C14H19N3O2/c1-14(2,9-19-15)17-13(18)7-10-8-16-12-6-4-3-5-11(10)12/h3-6,8,16H,7,9,15H2,1-2H3,(H,17,18). The topological polar surface area (TPSA) is 80.1 Å². The smallest absolute Gasteiger partial charge is 0.224 e. The van der Waals surface area contributed by atoms with Gasteiger partial charge in [-0.25, -0.2) is 5.90 Å². The molecule has 5 heteroatoms. The lowest BCUT2D eigenvalue weighted by atomic mass is 10.1. The summed E-state index contributed by atoms with van der Waals surface area (Å²) in [5, 5.41) is 3.98. The second kappa shape index (κ2) is 5.42. The van der Waals surface area contributed by atoms with Crippen LogP contribution in [0, 0.1) is 0 Å². The van der Waals surface area contributed by atoms with Crippen molar-refractivity contribution >= 4 is 16.8 Å². The Balaban J connectivity index is 2.07. The maximum absolute atomic E-state index is 12.0. The first-order valence-corrected chi connectivity index (χ1v) is 6.19. The van der Waals surface area contributed by atoms with Gasteiger partial charge in [0.15, 0.2) is 0 Å². The highest BCUT2D eigenvalue weighted by molar-refractivity contribution is 5.89. The van der Waals surface area contributed by atoms with E-state index < -0.39 is 5.54 Å². The minimum atomic E-state index is -0.474. The van der Waals surface area contributed by atoms with Crippen LogP contribution in [-0.4, -0.2) is 23.0 Å². The molecule has 0 spiro atoms. The van der Waals surface area contributed by atoms with E-state index in [1.54, 1.807) is 0 Å². The van der Waals surface area contributed by atoms with Crippen LogP contribution < -0.4 is 11.2 Å². The summed E-state index contributed by atoms with van der Waals surface area (Å²) in [7, 11) is 0. The second-order valence-electron chi connectivity index (χ2n) is 5.28. The monoisotopic (exact) mass is 261 g/mol. The average molecular weight is 261 g/mol. The second-order valence-corrected chi connectivity index (χ2v) is 5.28. The SMILES string of the molecule is CC(C)(CON)NC(=O)Cc1c[nH]c2ccccc12. The van der Waals surface area contributed by atoms with Crippen LogP contribution in [0.1, 0.15) is 19.4 Å². The number of fused-ring (bicyclic) bond motifs is 1. The largest absolute Gasteiger partial charge is 0.361 e. The summed E-state index contributed by atoms with van der Waals surface area (Å²) < 4.78 is 0. The van der Waals surface area contributed by atoms with Crippen molar-refractivity contribution in [2.24, 2.45) is 5.90 Å². The van der Waals surface area contributed by atoms with Crippen molar-refractivity contribution in [2.75, 3.05) is 6.61 Å². The van der Waals surface area contributed by atoms with Gasteiger partial charge in [0.2, 0.25) is 5.91 Å². The summed E-state index contributed by atoms with van der Waals surface area (Å²) in [5.74, 6) is 5.00. The van der Waals surface area contributed by atoms with E-state index in [4.69, 9.17) is 5.90 Å². The predicted octanol–water partition coefficient (Wildman–Crippen LogP) is 1.50. The number of amides is 1. The Bertz CT molecular complexity index is 575. The molecule has 5 nitrogen and oxygen atoms in total. The molecule has 0 unspecified atom stereocenters. The number of rotatable bonds is 5. The molecule has 19 heavy (non-hydrogen) atoms. The predicted molar refractivity (Wildman–Crippen MR) is 74.4 cm³/mol. The third-order valence-corrected chi connectivity index (χ3v) is 2.95. The van der Waals surface area contributed by atoms with Crippen molar-refractivity contribution in [2.45, 2.75) is 25.8 Å². The van der Waals surface area contributed by atoms with Crippen molar-refractivity contribution in [3.8, 4) is 0 Å². The van der Waals surface area contributed by atoms with E-state index in [9.17, 15) is 4.79 Å². The van der Waals surface area contributed by atoms with Gasteiger partial charge >= 0.3 is 0 Å². The number of aromatic nitrogens is 1. The molecule has 1 heterocycles. The highest BCUT2D eigenvalue weighted by atomic mass is 16.6. The Morgan fingerprint density at radius 2 is 2.16 bits per heavy atom. The Morgan fingerprint density at radius 3 is 2.89 bits per heavy atom. The van der Waals surface area contributed by atoms with Gasteiger partial charge in [0.25, 0.3) is 0 Å². The molecule has 0 saturated carbocycles. The van der Waals surface area contributed by atoms with Crippen LogP contribution in [0.3, 0.4) is 0 Å². The van der Waals surface area contributed by atoms with Crippen LogP contribution in [0.5, 0.6) is 0 Å². The van der Waals surface area contributed by atoms with Gasteiger partial charge in [-0.05, 0) is 25.5 Å². The lowest BCUT2D eigenvalue weighted by molar-refractivity contribution is -0.122. The van der Waals surface area contributed by atoms with Crippen molar-refractivity contribution in [3.05, 3.63) is 36.0 Å². The van der Waals surface area contributed by atoms with Crippen molar-refractivity contribution in [1.29, 1.82) is 0 Å². The molecule has 1 aromatic carbocycles. The minimum absolute atomic E-state index is 0.0493. The normalized spacial score (nSPS) is 11.7. The molecule has 0 radical (unpaired) electrons. The number of H-pyrrole nitrogens is 1. The maximum Gasteiger partial charge on any atom is 0.224 e. The fourth-order valence-electron chi connectivity index (χ4n) is 2.12. The van der Waals surface area contributed by atoms with Crippen LogP contribution in [-0.2, 0) is 16.1 Å². The number of nitrogens with two attached hydrogens (primary N) is 1. The quantitative estimate of drug-likeness (QED) is 0.713. The van der Waals surface area contributed by atoms with Gasteiger partial charge in [0.1, 0.15) is 0 Å². The molecule has 102 valence electrons. The Labute approximate surface area is 112 Å². The molecular formula is C14H19N3O2. The minimum Gasteiger partial charge on any atom is -0.361 e. The summed E-state index contributed by atoms with van der Waals surface area (Å²) in [6.07, 6.45) is 2.20. The highest BCUT2D eigenvalue weighted by Crippen LogP contribution is 2.18. The number of aromatic amines is 1. The van der Waals surface area contributed by atoms with Gasteiger partial charge in [-0.15, -0.1) is 0 Å². The molecule has 0 aliphatic carbocycles.